The Kier molecular flexibility index (Phi) is 5.87. The van der Waals surface area contributed by atoms with E-state index in [0.29, 0.717) is 12.3 Å². The summed E-state index contributed by atoms with van der Waals surface area (Å²) in [6, 6.07) is 7.41. The predicted molar refractivity (Wildman–Crippen MR) is 84.7 cm³/mol. The van der Waals surface area contributed by atoms with Crippen LogP contribution in [-0.2, 0) is 4.79 Å². The molecular weight excluding hydrogens is 266 g/mol. The van der Waals surface area contributed by atoms with Gasteiger partial charge in [0.25, 0.3) is 0 Å². The number of piperazine rings is 1. The molecule has 2 N–H and O–H groups in total. The maximum absolute atomic E-state index is 11.8. The molecule has 0 unspecified atom stereocenters. The minimum absolute atomic E-state index is 0.111. The molecule has 2 rings (SSSR count). The van der Waals surface area contributed by atoms with Crippen molar-refractivity contribution in [3.05, 3.63) is 24.3 Å². The summed E-state index contributed by atoms with van der Waals surface area (Å²) in [7, 11) is 0. The molecule has 0 bridgehead atoms. The number of unbranched alkanes of at least 4 members (excludes halogenated alkanes) is 1. The minimum atomic E-state index is 0.111. The standard InChI is InChI=1S/C16H25N3O2/c1-2-3-8-17-16(21)13-18-9-11-19(12-10-18)14-6-4-5-7-15(14)20/h4-7,20H,2-3,8-13H2,1H3,(H,17,21). The molecule has 1 aromatic carbocycles. The Morgan fingerprint density at radius 3 is 2.62 bits per heavy atom. The van der Waals surface area contributed by atoms with Gasteiger partial charge in [-0.15, -0.1) is 0 Å². The topological polar surface area (TPSA) is 55.8 Å². The fraction of sp³-hybridized carbons (Fsp3) is 0.562. The average Bonchev–Trinajstić information content (AvgIpc) is 2.49. The Hall–Kier alpha value is -1.75. The van der Waals surface area contributed by atoms with Crippen LogP contribution < -0.4 is 10.2 Å². The van der Waals surface area contributed by atoms with E-state index in [1.165, 1.54) is 0 Å². The zero-order valence-corrected chi connectivity index (χ0v) is 12.7. The molecule has 1 saturated heterocycles. The largest absolute Gasteiger partial charge is 0.506 e. The molecule has 0 atom stereocenters. The van der Waals surface area contributed by atoms with Gasteiger partial charge in [0, 0.05) is 32.7 Å². The highest BCUT2D eigenvalue weighted by molar-refractivity contribution is 5.78. The second-order valence-electron chi connectivity index (χ2n) is 5.46. The molecule has 0 aromatic heterocycles. The molecule has 1 fully saturated rings. The fourth-order valence-electron chi connectivity index (χ4n) is 2.54. The first-order valence-corrected chi connectivity index (χ1v) is 7.72. The van der Waals surface area contributed by atoms with E-state index in [4.69, 9.17) is 0 Å². The van der Waals surface area contributed by atoms with Crippen molar-refractivity contribution in [3.63, 3.8) is 0 Å². The fourth-order valence-corrected chi connectivity index (χ4v) is 2.54. The first-order chi connectivity index (χ1) is 10.2. The molecule has 5 nitrogen and oxygen atoms in total. The monoisotopic (exact) mass is 291 g/mol. The highest BCUT2D eigenvalue weighted by Crippen LogP contribution is 2.26. The molecule has 5 heteroatoms. The van der Waals surface area contributed by atoms with Crippen LogP contribution in [0.3, 0.4) is 0 Å². The van der Waals surface area contributed by atoms with Crippen molar-refractivity contribution in [2.45, 2.75) is 19.8 Å². The lowest BCUT2D eigenvalue weighted by Crippen LogP contribution is -2.49. The van der Waals surface area contributed by atoms with Gasteiger partial charge >= 0.3 is 0 Å². The summed E-state index contributed by atoms with van der Waals surface area (Å²) in [6.07, 6.45) is 2.13. The van der Waals surface area contributed by atoms with Gasteiger partial charge in [-0.05, 0) is 18.6 Å². The number of para-hydroxylation sites is 2. The van der Waals surface area contributed by atoms with Crippen LogP contribution in [0.1, 0.15) is 19.8 Å². The second-order valence-corrected chi connectivity index (χ2v) is 5.46. The zero-order valence-electron chi connectivity index (χ0n) is 12.7. The number of aromatic hydroxyl groups is 1. The molecular formula is C16H25N3O2. The first-order valence-electron chi connectivity index (χ1n) is 7.72. The van der Waals surface area contributed by atoms with Gasteiger partial charge in [0.2, 0.25) is 5.91 Å². The Bertz CT molecular complexity index is 457. The Morgan fingerprint density at radius 2 is 1.95 bits per heavy atom. The van der Waals surface area contributed by atoms with E-state index in [9.17, 15) is 9.90 Å². The highest BCUT2D eigenvalue weighted by Gasteiger charge is 2.20. The van der Waals surface area contributed by atoms with Gasteiger partial charge in [0.1, 0.15) is 5.75 Å². The van der Waals surface area contributed by atoms with E-state index in [2.05, 4.69) is 22.0 Å². The maximum atomic E-state index is 11.8. The Balaban J connectivity index is 1.76. The Morgan fingerprint density at radius 1 is 1.24 bits per heavy atom. The lowest BCUT2D eigenvalue weighted by Gasteiger charge is -2.35. The number of anilines is 1. The van der Waals surface area contributed by atoms with Gasteiger partial charge in [0.15, 0.2) is 0 Å². The van der Waals surface area contributed by atoms with Crippen LogP contribution in [0, 0.1) is 0 Å². The van der Waals surface area contributed by atoms with Crippen molar-refractivity contribution >= 4 is 11.6 Å². The summed E-state index contributed by atoms with van der Waals surface area (Å²) in [4.78, 5) is 16.1. The molecule has 1 aromatic rings. The number of rotatable bonds is 6. The Labute approximate surface area is 126 Å². The number of carbonyl (C=O) groups excluding carboxylic acids is 1. The maximum Gasteiger partial charge on any atom is 0.234 e. The number of hydrogen-bond acceptors (Lipinski definition) is 4. The summed E-state index contributed by atoms with van der Waals surface area (Å²) in [6.45, 7) is 6.71. The van der Waals surface area contributed by atoms with Crippen LogP contribution in [0.25, 0.3) is 0 Å². The summed E-state index contributed by atoms with van der Waals surface area (Å²) in [5.74, 6) is 0.433. The number of nitrogens with one attached hydrogen (secondary N) is 1. The molecule has 0 aliphatic carbocycles. The highest BCUT2D eigenvalue weighted by atomic mass is 16.3. The van der Waals surface area contributed by atoms with Crippen molar-refractivity contribution in [2.24, 2.45) is 0 Å². The predicted octanol–water partition coefficient (Wildman–Crippen LogP) is 1.43. The molecule has 1 amide bonds. The zero-order chi connectivity index (χ0) is 15.1. The third-order valence-electron chi connectivity index (χ3n) is 3.81. The molecule has 1 heterocycles. The molecule has 116 valence electrons. The van der Waals surface area contributed by atoms with Crippen LogP contribution >= 0.6 is 0 Å². The number of amides is 1. The molecule has 21 heavy (non-hydrogen) atoms. The number of carbonyl (C=O) groups is 1. The van der Waals surface area contributed by atoms with E-state index in [-0.39, 0.29) is 5.91 Å². The van der Waals surface area contributed by atoms with Crippen molar-refractivity contribution < 1.29 is 9.90 Å². The third-order valence-corrected chi connectivity index (χ3v) is 3.81. The summed E-state index contributed by atoms with van der Waals surface area (Å²) in [5, 5.41) is 12.8. The quantitative estimate of drug-likeness (QED) is 0.779. The van der Waals surface area contributed by atoms with Crippen LogP contribution in [-0.4, -0.2) is 55.2 Å². The summed E-state index contributed by atoms with van der Waals surface area (Å²) < 4.78 is 0. The average molecular weight is 291 g/mol. The van der Waals surface area contributed by atoms with Crippen LogP contribution in [0.4, 0.5) is 5.69 Å². The SMILES string of the molecule is CCCCNC(=O)CN1CCN(c2ccccc2O)CC1. The summed E-state index contributed by atoms with van der Waals surface area (Å²) in [5.41, 5.74) is 0.879. The number of phenols is 1. The van der Waals surface area contributed by atoms with Gasteiger partial charge < -0.3 is 15.3 Å². The minimum Gasteiger partial charge on any atom is -0.506 e. The van der Waals surface area contributed by atoms with Crippen molar-refractivity contribution in [3.8, 4) is 5.75 Å². The molecule has 0 spiro atoms. The lowest BCUT2D eigenvalue weighted by molar-refractivity contribution is -0.122. The summed E-state index contributed by atoms with van der Waals surface area (Å²) >= 11 is 0. The van der Waals surface area contributed by atoms with Crippen LogP contribution in [0.15, 0.2) is 24.3 Å². The van der Waals surface area contributed by atoms with E-state index in [0.717, 1.165) is 51.3 Å². The van der Waals surface area contributed by atoms with Gasteiger partial charge in [0.05, 0.1) is 12.2 Å². The van der Waals surface area contributed by atoms with E-state index in [1.54, 1.807) is 6.07 Å². The smallest absolute Gasteiger partial charge is 0.234 e. The molecule has 1 aliphatic heterocycles. The van der Waals surface area contributed by atoms with Crippen LogP contribution in [0.2, 0.25) is 0 Å². The van der Waals surface area contributed by atoms with E-state index >= 15 is 0 Å². The molecule has 1 aliphatic rings. The lowest BCUT2D eigenvalue weighted by atomic mass is 10.2. The number of hydrogen-bond donors (Lipinski definition) is 2. The molecule has 0 saturated carbocycles. The van der Waals surface area contributed by atoms with Gasteiger partial charge in [-0.25, -0.2) is 0 Å². The van der Waals surface area contributed by atoms with Gasteiger partial charge in [-0.2, -0.15) is 0 Å². The van der Waals surface area contributed by atoms with Gasteiger partial charge in [-0.3, -0.25) is 9.69 Å². The van der Waals surface area contributed by atoms with Crippen molar-refractivity contribution in [1.29, 1.82) is 0 Å². The van der Waals surface area contributed by atoms with Crippen LogP contribution in [0.5, 0.6) is 5.75 Å². The second kappa shape index (κ2) is 7.88. The van der Waals surface area contributed by atoms with Crippen molar-refractivity contribution in [1.82, 2.24) is 10.2 Å². The van der Waals surface area contributed by atoms with E-state index in [1.807, 2.05) is 18.2 Å². The normalized spacial score (nSPS) is 16.0. The third kappa shape index (κ3) is 4.63. The van der Waals surface area contributed by atoms with Gasteiger partial charge in [-0.1, -0.05) is 25.5 Å². The number of nitrogens with zero attached hydrogens (tertiary/aromatic N) is 2. The van der Waals surface area contributed by atoms with Crippen molar-refractivity contribution in [2.75, 3.05) is 44.2 Å². The molecule has 0 radical (unpaired) electrons. The first kappa shape index (κ1) is 15.6. The van der Waals surface area contributed by atoms with E-state index < -0.39 is 0 Å². The number of benzene rings is 1. The number of phenolic OH excluding ortho intramolecular Hbond substituents is 1.